The van der Waals surface area contributed by atoms with Crippen LogP contribution in [0.25, 0.3) is 0 Å². The third-order valence-electron chi connectivity index (χ3n) is 1.22. The normalized spacial score (nSPS) is 9.18. The summed E-state index contributed by atoms with van der Waals surface area (Å²) in [7, 11) is 0. The molecule has 56 valence electrons. The van der Waals surface area contributed by atoms with Gasteiger partial charge in [0.2, 0.25) is 0 Å². The third-order valence-corrected chi connectivity index (χ3v) is 1.56. The Morgan fingerprint density at radius 3 is 3.00 bits per heavy atom. The van der Waals surface area contributed by atoms with Crippen molar-refractivity contribution in [3.63, 3.8) is 0 Å². The molecule has 11 heavy (non-hydrogen) atoms. The molecule has 0 fully saturated rings. The second-order valence-corrected chi connectivity index (χ2v) is 2.34. The predicted molar refractivity (Wildman–Crippen MR) is 39.9 cm³/mol. The molecule has 1 aromatic heterocycles. The predicted octanol–water partition coefficient (Wildman–Crippen LogP) is 1.10. The Labute approximate surface area is 68.9 Å². The minimum atomic E-state index is -0.171. The Bertz CT molecular complexity index is 306. The average molecular weight is 169 g/mol. The van der Waals surface area contributed by atoms with Gasteiger partial charge in [-0.15, -0.1) is 0 Å². The minimum absolute atomic E-state index is 0.171. The summed E-state index contributed by atoms with van der Waals surface area (Å²) in [5.74, 6) is 0. The van der Waals surface area contributed by atoms with Crippen molar-refractivity contribution in [2.45, 2.75) is 6.61 Å². The molecule has 0 atom stereocenters. The van der Waals surface area contributed by atoms with Gasteiger partial charge in [0.25, 0.3) is 0 Å². The fraction of sp³-hybridized carbons (Fsp3) is 0.143. The molecule has 0 aliphatic heterocycles. The molecule has 1 heterocycles. The molecular formula is C7H5ClN2O. The average Bonchev–Trinajstić information content (AvgIpc) is 2.05. The highest BCUT2D eigenvalue weighted by molar-refractivity contribution is 6.31. The van der Waals surface area contributed by atoms with Crippen LogP contribution in [0.3, 0.4) is 0 Å². The fourth-order valence-electron chi connectivity index (χ4n) is 0.663. The fourth-order valence-corrected chi connectivity index (χ4v) is 0.826. The first-order valence-electron chi connectivity index (χ1n) is 2.93. The maximum absolute atomic E-state index is 8.72. The van der Waals surface area contributed by atoms with Crippen molar-refractivity contribution in [3.8, 4) is 6.07 Å². The van der Waals surface area contributed by atoms with E-state index in [9.17, 15) is 0 Å². The molecule has 0 spiro atoms. The molecule has 0 aliphatic rings. The Morgan fingerprint density at radius 1 is 1.73 bits per heavy atom. The highest BCUT2D eigenvalue weighted by Crippen LogP contribution is 2.14. The van der Waals surface area contributed by atoms with E-state index in [-0.39, 0.29) is 12.3 Å². The van der Waals surface area contributed by atoms with Crippen LogP contribution in [-0.2, 0) is 6.61 Å². The molecule has 0 saturated heterocycles. The van der Waals surface area contributed by atoms with Crippen molar-refractivity contribution in [2.75, 3.05) is 0 Å². The van der Waals surface area contributed by atoms with E-state index in [0.29, 0.717) is 10.6 Å². The molecule has 3 nitrogen and oxygen atoms in total. The molecule has 0 aromatic carbocycles. The molecule has 1 rings (SSSR count). The van der Waals surface area contributed by atoms with Crippen molar-refractivity contribution in [1.29, 1.82) is 5.26 Å². The highest BCUT2D eigenvalue weighted by Gasteiger charge is 2.00. The second kappa shape index (κ2) is 3.33. The summed E-state index contributed by atoms with van der Waals surface area (Å²) < 4.78 is 0. The van der Waals surface area contributed by atoms with E-state index >= 15 is 0 Å². The van der Waals surface area contributed by atoms with Crippen LogP contribution in [0.15, 0.2) is 12.3 Å². The topological polar surface area (TPSA) is 56.9 Å². The number of aliphatic hydroxyl groups excluding tert-OH is 1. The van der Waals surface area contributed by atoms with Crippen molar-refractivity contribution >= 4 is 11.6 Å². The monoisotopic (exact) mass is 168 g/mol. The van der Waals surface area contributed by atoms with Crippen molar-refractivity contribution in [3.05, 3.63) is 28.5 Å². The Kier molecular flexibility index (Phi) is 2.42. The zero-order valence-corrected chi connectivity index (χ0v) is 6.34. The van der Waals surface area contributed by atoms with E-state index in [1.165, 1.54) is 12.3 Å². The Hall–Kier alpha value is -1.11. The van der Waals surface area contributed by atoms with Crippen LogP contribution < -0.4 is 0 Å². The number of hydrogen-bond acceptors (Lipinski definition) is 3. The van der Waals surface area contributed by atoms with Gasteiger partial charge in [-0.25, -0.2) is 4.98 Å². The molecule has 0 saturated carbocycles. The van der Waals surface area contributed by atoms with E-state index in [4.69, 9.17) is 22.0 Å². The number of halogens is 1. The first kappa shape index (κ1) is 7.99. The van der Waals surface area contributed by atoms with Crippen molar-refractivity contribution in [1.82, 2.24) is 4.98 Å². The van der Waals surface area contributed by atoms with E-state index in [2.05, 4.69) is 4.98 Å². The van der Waals surface area contributed by atoms with Crippen LogP contribution in [0.1, 0.15) is 11.3 Å². The maximum atomic E-state index is 8.72. The first-order chi connectivity index (χ1) is 5.27. The van der Waals surface area contributed by atoms with Gasteiger partial charge in [0, 0.05) is 11.8 Å². The summed E-state index contributed by atoms with van der Waals surface area (Å²) in [4.78, 5) is 3.70. The van der Waals surface area contributed by atoms with Crippen LogP contribution in [0.4, 0.5) is 0 Å². The molecule has 4 heteroatoms. The molecule has 0 radical (unpaired) electrons. The standard InChI is InChI=1S/C7H5ClN2O/c8-7-3-10-6(2-9)1-5(7)4-11/h1,3,11H,4H2. The van der Waals surface area contributed by atoms with E-state index in [1.54, 1.807) is 0 Å². The minimum Gasteiger partial charge on any atom is -0.392 e. The lowest BCUT2D eigenvalue weighted by atomic mass is 10.2. The number of hydrogen-bond donors (Lipinski definition) is 1. The lowest BCUT2D eigenvalue weighted by molar-refractivity contribution is 0.282. The largest absolute Gasteiger partial charge is 0.392 e. The van der Waals surface area contributed by atoms with Gasteiger partial charge in [-0.3, -0.25) is 0 Å². The van der Waals surface area contributed by atoms with Crippen LogP contribution >= 0.6 is 11.6 Å². The van der Waals surface area contributed by atoms with Gasteiger partial charge in [-0.1, -0.05) is 11.6 Å². The number of nitrogens with zero attached hydrogens (tertiary/aromatic N) is 2. The molecule has 1 aromatic rings. The SMILES string of the molecule is N#Cc1cc(CO)c(Cl)cn1. The molecule has 0 bridgehead atoms. The number of aromatic nitrogens is 1. The van der Waals surface area contributed by atoms with E-state index < -0.39 is 0 Å². The van der Waals surface area contributed by atoms with Crippen molar-refractivity contribution < 1.29 is 5.11 Å². The summed E-state index contributed by atoms with van der Waals surface area (Å²) in [5.41, 5.74) is 0.789. The second-order valence-electron chi connectivity index (χ2n) is 1.93. The van der Waals surface area contributed by atoms with Crippen molar-refractivity contribution in [2.24, 2.45) is 0 Å². The zero-order valence-electron chi connectivity index (χ0n) is 5.58. The maximum Gasteiger partial charge on any atom is 0.140 e. The van der Waals surface area contributed by atoms with Gasteiger partial charge in [-0.05, 0) is 6.07 Å². The van der Waals surface area contributed by atoms with Gasteiger partial charge in [-0.2, -0.15) is 5.26 Å². The number of nitriles is 1. The molecule has 1 N–H and O–H groups in total. The van der Waals surface area contributed by atoms with Gasteiger partial charge >= 0.3 is 0 Å². The van der Waals surface area contributed by atoms with E-state index in [0.717, 1.165) is 0 Å². The zero-order chi connectivity index (χ0) is 8.27. The van der Waals surface area contributed by atoms with E-state index in [1.807, 2.05) is 6.07 Å². The molecule has 0 unspecified atom stereocenters. The summed E-state index contributed by atoms with van der Waals surface area (Å²) >= 11 is 5.62. The molecule has 0 aliphatic carbocycles. The smallest absolute Gasteiger partial charge is 0.140 e. The lowest BCUT2D eigenvalue weighted by Gasteiger charge is -1.97. The van der Waals surface area contributed by atoms with Gasteiger partial charge in [0.05, 0.1) is 11.6 Å². The summed E-state index contributed by atoms with van der Waals surface area (Å²) in [5, 5.41) is 17.5. The Morgan fingerprint density at radius 2 is 2.45 bits per heavy atom. The third kappa shape index (κ3) is 1.67. The van der Waals surface area contributed by atoms with Gasteiger partial charge < -0.3 is 5.11 Å². The van der Waals surface area contributed by atoms with Gasteiger partial charge in [0.1, 0.15) is 11.8 Å². The number of rotatable bonds is 1. The molecule has 0 amide bonds. The van der Waals surface area contributed by atoms with Gasteiger partial charge in [0.15, 0.2) is 0 Å². The van der Waals surface area contributed by atoms with Crippen LogP contribution in [-0.4, -0.2) is 10.1 Å². The summed E-state index contributed by atoms with van der Waals surface area (Å²) in [6, 6.07) is 3.31. The van der Waals surface area contributed by atoms with Crippen LogP contribution in [0, 0.1) is 11.3 Å². The number of pyridine rings is 1. The Balaban J connectivity index is 3.15. The molecular weight excluding hydrogens is 164 g/mol. The van der Waals surface area contributed by atoms with Crippen LogP contribution in [0.5, 0.6) is 0 Å². The quantitative estimate of drug-likeness (QED) is 0.683. The van der Waals surface area contributed by atoms with Crippen LogP contribution in [0.2, 0.25) is 5.02 Å². The first-order valence-corrected chi connectivity index (χ1v) is 3.31. The summed E-state index contributed by atoms with van der Waals surface area (Å²) in [6.07, 6.45) is 1.35. The highest BCUT2D eigenvalue weighted by atomic mass is 35.5. The number of aliphatic hydroxyl groups is 1. The summed E-state index contributed by atoms with van der Waals surface area (Å²) in [6.45, 7) is -0.171. The lowest BCUT2D eigenvalue weighted by Crippen LogP contribution is -1.89.